The van der Waals surface area contributed by atoms with E-state index in [1.54, 1.807) is 25.3 Å². The van der Waals surface area contributed by atoms with Crippen molar-refractivity contribution in [1.82, 2.24) is 0 Å². The zero-order valence-electron chi connectivity index (χ0n) is 16.3. The number of ether oxygens (including phenoxy) is 2. The van der Waals surface area contributed by atoms with Gasteiger partial charge in [0.15, 0.2) is 22.0 Å². The summed E-state index contributed by atoms with van der Waals surface area (Å²) in [5.74, 6) is 1.39. The van der Waals surface area contributed by atoms with Gasteiger partial charge < -0.3 is 9.47 Å². The van der Waals surface area contributed by atoms with Gasteiger partial charge in [0.1, 0.15) is 0 Å². The maximum absolute atomic E-state index is 13.2. The number of carbonyl (C=O) groups excluding carboxylic acids is 1. The van der Waals surface area contributed by atoms with E-state index in [-0.39, 0.29) is 12.2 Å². The number of alkyl halides is 1. The maximum Gasteiger partial charge on any atom is 0.190 e. The van der Waals surface area contributed by atoms with Gasteiger partial charge in [-0.1, -0.05) is 35.5 Å². The number of rotatable bonds is 10. The van der Waals surface area contributed by atoms with Crippen molar-refractivity contribution in [2.24, 2.45) is 0 Å². The number of nitriles is 1. The highest BCUT2D eigenvalue weighted by molar-refractivity contribution is 8.01. The molecule has 0 saturated heterocycles. The fraction of sp³-hybridized carbons (Fsp3) is 0.364. The Morgan fingerprint density at radius 2 is 1.79 bits per heavy atom. The van der Waals surface area contributed by atoms with E-state index < -0.39 is 4.75 Å². The largest absolute Gasteiger partial charge is 0.493 e. The first-order valence-corrected chi connectivity index (χ1v) is 10.3. The summed E-state index contributed by atoms with van der Waals surface area (Å²) in [7, 11) is 3.08. The third-order valence-corrected chi connectivity index (χ3v) is 6.06. The summed E-state index contributed by atoms with van der Waals surface area (Å²) in [4.78, 5) is 14.1. The van der Waals surface area contributed by atoms with Gasteiger partial charge in [-0.2, -0.15) is 5.26 Å². The Morgan fingerprint density at radius 1 is 1.11 bits per heavy atom. The summed E-state index contributed by atoms with van der Waals surface area (Å²) >= 11 is 7.01. The van der Waals surface area contributed by atoms with Crippen LogP contribution in [0.5, 0.6) is 11.5 Å². The predicted molar refractivity (Wildman–Crippen MR) is 113 cm³/mol. The lowest BCUT2D eigenvalue weighted by atomic mass is 9.91. The standard InChI is InChI=1S/C22H24ClNO3S/c1-16-7-10-18(11-8-16)28-22(15-24,21(25)6-4-5-13-23)17-9-12-19(26-2)20(14-17)27-3/h7-12,14H,4-6,13H2,1-3H3. The van der Waals surface area contributed by atoms with Gasteiger partial charge in [0.25, 0.3) is 0 Å². The van der Waals surface area contributed by atoms with Crippen LogP contribution >= 0.6 is 23.4 Å². The minimum atomic E-state index is -1.37. The number of ketones is 1. The van der Waals surface area contributed by atoms with Crippen LogP contribution in [0.2, 0.25) is 0 Å². The second kappa shape index (κ2) is 10.4. The summed E-state index contributed by atoms with van der Waals surface area (Å²) < 4.78 is 9.31. The number of thioether (sulfide) groups is 1. The van der Waals surface area contributed by atoms with Gasteiger partial charge >= 0.3 is 0 Å². The molecule has 1 atom stereocenters. The van der Waals surface area contributed by atoms with Crippen molar-refractivity contribution in [2.45, 2.75) is 35.8 Å². The van der Waals surface area contributed by atoms with Crippen molar-refractivity contribution in [3.8, 4) is 17.6 Å². The van der Waals surface area contributed by atoms with Gasteiger partial charge in [-0.15, -0.1) is 11.6 Å². The molecular formula is C22H24ClNO3S. The molecule has 0 aliphatic rings. The van der Waals surface area contributed by atoms with Crippen LogP contribution in [0.4, 0.5) is 0 Å². The Bertz CT molecular complexity index is 848. The Balaban J connectivity index is 2.51. The van der Waals surface area contributed by atoms with Gasteiger partial charge in [-0.05, 0) is 49.6 Å². The monoisotopic (exact) mass is 417 g/mol. The molecule has 2 aromatic rings. The van der Waals surface area contributed by atoms with E-state index in [9.17, 15) is 10.1 Å². The topological polar surface area (TPSA) is 59.3 Å². The average molecular weight is 418 g/mol. The van der Waals surface area contributed by atoms with Gasteiger partial charge in [0, 0.05) is 17.2 Å². The second-order valence-electron chi connectivity index (χ2n) is 6.35. The first kappa shape index (κ1) is 22.1. The Hall–Kier alpha value is -2.16. The zero-order valence-corrected chi connectivity index (χ0v) is 17.9. The van der Waals surface area contributed by atoms with Crippen molar-refractivity contribution < 1.29 is 14.3 Å². The number of halogens is 1. The van der Waals surface area contributed by atoms with Gasteiger partial charge in [0.05, 0.1) is 20.3 Å². The Morgan fingerprint density at radius 3 is 2.36 bits per heavy atom. The summed E-state index contributed by atoms with van der Waals surface area (Å²) in [5.41, 5.74) is 1.69. The zero-order chi connectivity index (χ0) is 20.6. The number of methoxy groups -OCH3 is 2. The van der Waals surface area contributed by atoms with Crippen molar-refractivity contribution in [3.05, 3.63) is 53.6 Å². The van der Waals surface area contributed by atoms with E-state index in [1.807, 2.05) is 31.2 Å². The van der Waals surface area contributed by atoms with E-state index in [4.69, 9.17) is 21.1 Å². The molecule has 0 saturated carbocycles. The van der Waals surface area contributed by atoms with E-state index >= 15 is 0 Å². The van der Waals surface area contributed by atoms with E-state index in [0.717, 1.165) is 16.9 Å². The molecule has 1 unspecified atom stereocenters. The number of nitrogens with zero attached hydrogens (tertiary/aromatic N) is 1. The normalized spacial score (nSPS) is 12.7. The molecule has 0 spiro atoms. The van der Waals surface area contributed by atoms with Crippen molar-refractivity contribution in [2.75, 3.05) is 20.1 Å². The molecule has 0 radical (unpaired) electrons. The van der Waals surface area contributed by atoms with Crippen LogP contribution in [-0.2, 0) is 9.54 Å². The summed E-state index contributed by atoms with van der Waals surface area (Å²) in [5, 5.41) is 10.2. The molecule has 2 rings (SSSR count). The number of unbranched alkanes of at least 4 members (excludes halogenated alkanes) is 1. The minimum absolute atomic E-state index is 0.141. The molecule has 0 heterocycles. The van der Waals surface area contributed by atoms with E-state index in [2.05, 4.69) is 6.07 Å². The van der Waals surface area contributed by atoms with Crippen LogP contribution in [-0.4, -0.2) is 25.9 Å². The molecule has 4 nitrogen and oxygen atoms in total. The van der Waals surface area contributed by atoms with Crippen LogP contribution in [0.15, 0.2) is 47.4 Å². The molecule has 6 heteroatoms. The number of aryl methyl sites for hydroxylation is 1. The van der Waals surface area contributed by atoms with Gasteiger partial charge in [0.2, 0.25) is 0 Å². The second-order valence-corrected chi connectivity index (χ2v) is 8.01. The number of carbonyl (C=O) groups is 1. The molecule has 148 valence electrons. The lowest BCUT2D eigenvalue weighted by molar-refractivity contribution is -0.120. The van der Waals surface area contributed by atoms with Gasteiger partial charge in [-0.25, -0.2) is 0 Å². The van der Waals surface area contributed by atoms with Crippen molar-refractivity contribution in [1.29, 1.82) is 5.26 Å². The molecule has 0 amide bonds. The molecule has 0 aliphatic heterocycles. The third-order valence-electron chi connectivity index (χ3n) is 4.42. The molecule has 0 N–H and O–H groups in total. The number of Topliss-reactive ketones (excluding diaryl/α,β-unsaturated/α-hetero) is 1. The Labute approximate surface area is 175 Å². The molecule has 0 aromatic heterocycles. The van der Waals surface area contributed by atoms with E-state index in [0.29, 0.717) is 29.4 Å². The molecule has 28 heavy (non-hydrogen) atoms. The smallest absolute Gasteiger partial charge is 0.190 e. The third kappa shape index (κ3) is 5.01. The molecule has 2 aromatic carbocycles. The highest BCUT2D eigenvalue weighted by Crippen LogP contribution is 2.45. The summed E-state index contributed by atoms with van der Waals surface area (Å²) in [6.07, 6.45) is 1.66. The summed E-state index contributed by atoms with van der Waals surface area (Å²) in [6.45, 7) is 2.00. The molecule has 0 aliphatic carbocycles. The van der Waals surface area contributed by atoms with Gasteiger partial charge in [-0.3, -0.25) is 4.79 Å². The van der Waals surface area contributed by atoms with Crippen LogP contribution < -0.4 is 9.47 Å². The fourth-order valence-electron chi connectivity index (χ4n) is 2.82. The molecular weight excluding hydrogens is 394 g/mol. The lowest BCUT2D eigenvalue weighted by Crippen LogP contribution is -2.31. The summed E-state index contributed by atoms with van der Waals surface area (Å²) in [6, 6.07) is 15.3. The molecule has 0 bridgehead atoms. The van der Waals surface area contributed by atoms with Crippen LogP contribution in [0, 0.1) is 18.3 Å². The number of benzene rings is 2. The van der Waals surface area contributed by atoms with Crippen molar-refractivity contribution in [3.63, 3.8) is 0 Å². The highest BCUT2D eigenvalue weighted by atomic mass is 35.5. The number of hydrogen-bond donors (Lipinski definition) is 0. The van der Waals surface area contributed by atoms with Crippen molar-refractivity contribution >= 4 is 29.1 Å². The molecule has 0 fully saturated rings. The fourth-order valence-corrected chi connectivity index (χ4v) is 4.14. The van der Waals surface area contributed by atoms with Crippen LogP contribution in [0.3, 0.4) is 0 Å². The maximum atomic E-state index is 13.2. The minimum Gasteiger partial charge on any atom is -0.493 e. The van der Waals surface area contributed by atoms with E-state index in [1.165, 1.54) is 18.9 Å². The highest BCUT2D eigenvalue weighted by Gasteiger charge is 2.41. The first-order chi connectivity index (χ1) is 13.5. The van der Waals surface area contributed by atoms with Crippen LogP contribution in [0.1, 0.15) is 30.4 Å². The first-order valence-electron chi connectivity index (χ1n) is 8.99. The SMILES string of the molecule is COc1ccc(C(C#N)(Sc2ccc(C)cc2)C(=O)CCCCCl)cc1OC. The lowest BCUT2D eigenvalue weighted by Gasteiger charge is -2.26. The number of hydrogen-bond acceptors (Lipinski definition) is 5. The Kier molecular flexibility index (Phi) is 8.22. The quantitative estimate of drug-likeness (QED) is 0.290. The van der Waals surface area contributed by atoms with Crippen LogP contribution in [0.25, 0.3) is 0 Å². The average Bonchev–Trinajstić information content (AvgIpc) is 2.73. The predicted octanol–water partition coefficient (Wildman–Crippen LogP) is 5.50.